The average molecular weight is 374 g/mol. The summed E-state index contributed by atoms with van der Waals surface area (Å²) < 4.78 is 8.03. The van der Waals surface area contributed by atoms with E-state index >= 15 is 0 Å². The lowest BCUT2D eigenvalue weighted by molar-refractivity contribution is 0.275. The Morgan fingerprint density at radius 3 is 2.68 bits per heavy atom. The molecule has 0 unspecified atom stereocenters. The highest BCUT2D eigenvalue weighted by Gasteiger charge is 2.15. The Morgan fingerprint density at radius 1 is 1.07 bits per heavy atom. The summed E-state index contributed by atoms with van der Waals surface area (Å²) in [4.78, 5) is 0. The topological polar surface area (TPSA) is 47.3 Å². The maximum absolute atomic E-state index is 9.27. The summed E-state index contributed by atoms with van der Waals surface area (Å²) in [7, 11) is 1.89. The fourth-order valence-corrected chi connectivity index (χ4v) is 3.77. The van der Waals surface area contributed by atoms with E-state index in [1.165, 1.54) is 29.5 Å². The van der Waals surface area contributed by atoms with Crippen LogP contribution in [0.3, 0.4) is 0 Å². The molecule has 4 nitrogen and oxygen atoms in total. The van der Waals surface area contributed by atoms with Gasteiger partial charge in [-0.25, -0.2) is 0 Å². The Labute approximate surface area is 166 Å². The van der Waals surface area contributed by atoms with Crippen LogP contribution in [-0.4, -0.2) is 14.9 Å². The first-order valence-electron chi connectivity index (χ1n) is 9.87. The molecule has 0 saturated carbocycles. The Kier molecular flexibility index (Phi) is 5.58. The average Bonchev–Trinajstić information content (AvgIpc) is 3.11. The second kappa shape index (κ2) is 8.44. The zero-order valence-electron chi connectivity index (χ0n) is 16.3. The molecule has 1 N–H and O–H groups in total. The monoisotopic (exact) mass is 374 g/mol. The van der Waals surface area contributed by atoms with Crippen LogP contribution in [0, 0.1) is 0 Å². The van der Waals surface area contributed by atoms with E-state index in [1.807, 2.05) is 37.4 Å². The number of fused-ring (bicyclic) bond motifs is 1. The molecule has 2 aromatic carbocycles. The van der Waals surface area contributed by atoms with Gasteiger partial charge in [-0.1, -0.05) is 42.5 Å². The molecule has 144 valence electrons. The zero-order valence-corrected chi connectivity index (χ0v) is 16.3. The lowest BCUT2D eigenvalue weighted by Crippen LogP contribution is -2.07. The third-order valence-electron chi connectivity index (χ3n) is 5.26. The molecule has 1 heterocycles. The molecule has 1 aliphatic carbocycles. The number of benzene rings is 2. The van der Waals surface area contributed by atoms with Crippen molar-refractivity contribution >= 4 is 12.2 Å². The van der Waals surface area contributed by atoms with Gasteiger partial charge in [-0.2, -0.15) is 5.10 Å². The maximum Gasteiger partial charge on any atom is 0.123 e. The number of aliphatic hydroxyl groups excluding tert-OH is 1. The molecule has 0 radical (unpaired) electrons. The lowest BCUT2D eigenvalue weighted by atomic mass is 9.89. The number of hydrogen-bond donors (Lipinski definition) is 1. The van der Waals surface area contributed by atoms with Crippen molar-refractivity contribution in [2.45, 2.75) is 38.9 Å². The molecule has 3 aromatic rings. The highest BCUT2D eigenvalue weighted by Crippen LogP contribution is 2.32. The molecule has 0 saturated heterocycles. The molecular weight excluding hydrogens is 348 g/mol. The highest BCUT2D eigenvalue weighted by atomic mass is 16.5. The minimum Gasteiger partial charge on any atom is -0.489 e. The van der Waals surface area contributed by atoms with Crippen LogP contribution in [0.25, 0.3) is 12.2 Å². The van der Waals surface area contributed by atoms with E-state index in [9.17, 15) is 5.11 Å². The van der Waals surface area contributed by atoms with Gasteiger partial charge in [-0.05, 0) is 66.1 Å². The summed E-state index contributed by atoms with van der Waals surface area (Å²) in [6, 6.07) is 16.6. The van der Waals surface area contributed by atoms with E-state index in [-0.39, 0.29) is 6.61 Å². The zero-order chi connectivity index (χ0) is 19.3. The summed E-state index contributed by atoms with van der Waals surface area (Å²) in [6.45, 7) is 0.542. The molecule has 0 atom stereocenters. The number of nitrogens with zero attached hydrogens (tertiary/aromatic N) is 2. The number of hydrogen-bond acceptors (Lipinski definition) is 3. The fourth-order valence-electron chi connectivity index (χ4n) is 3.77. The van der Waals surface area contributed by atoms with Crippen LogP contribution in [0.2, 0.25) is 0 Å². The first kappa shape index (κ1) is 18.5. The van der Waals surface area contributed by atoms with Gasteiger partial charge in [0.25, 0.3) is 0 Å². The molecule has 4 heteroatoms. The van der Waals surface area contributed by atoms with Crippen LogP contribution in [0.4, 0.5) is 0 Å². The van der Waals surface area contributed by atoms with Crippen molar-refractivity contribution in [2.24, 2.45) is 7.05 Å². The first-order chi connectivity index (χ1) is 13.7. The van der Waals surface area contributed by atoms with E-state index in [4.69, 9.17) is 4.74 Å². The van der Waals surface area contributed by atoms with Gasteiger partial charge in [0, 0.05) is 7.05 Å². The smallest absolute Gasteiger partial charge is 0.123 e. The third-order valence-corrected chi connectivity index (χ3v) is 5.26. The van der Waals surface area contributed by atoms with Crippen molar-refractivity contribution in [2.75, 3.05) is 0 Å². The molecule has 0 aliphatic heterocycles. The van der Waals surface area contributed by atoms with Crippen LogP contribution < -0.4 is 4.74 Å². The van der Waals surface area contributed by atoms with Crippen molar-refractivity contribution in [1.29, 1.82) is 0 Å². The number of aromatic nitrogens is 2. The second-order valence-electron chi connectivity index (χ2n) is 7.31. The molecule has 0 spiro atoms. The summed E-state index contributed by atoms with van der Waals surface area (Å²) >= 11 is 0. The van der Waals surface area contributed by atoms with E-state index in [2.05, 4.69) is 35.4 Å². The molecule has 28 heavy (non-hydrogen) atoms. The number of aryl methyl sites for hydroxylation is 2. The summed E-state index contributed by atoms with van der Waals surface area (Å²) in [5, 5.41) is 13.5. The second-order valence-corrected chi connectivity index (χ2v) is 7.31. The van der Waals surface area contributed by atoms with Gasteiger partial charge in [-0.3, -0.25) is 4.68 Å². The Morgan fingerprint density at radius 2 is 1.89 bits per heavy atom. The third kappa shape index (κ3) is 4.18. The van der Waals surface area contributed by atoms with E-state index < -0.39 is 0 Å². The highest BCUT2D eigenvalue weighted by molar-refractivity contribution is 5.70. The van der Waals surface area contributed by atoms with E-state index in [0.717, 1.165) is 29.8 Å². The minimum atomic E-state index is -0.0437. The molecule has 1 aliphatic rings. The minimum absolute atomic E-state index is 0.0437. The van der Waals surface area contributed by atoms with Gasteiger partial charge >= 0.3 is 0 Å². The molecule has 0 fully saturated rings. The van der Waals surface area contributed by atoms with Crippen LogP contribution in [0.15, 0.2) is 48.5 Å². The van der Waals surface area contributed by atoms with Crippen molar-refractivity contribution in [3.05, 3.63) is 82.2 Å². The van der Waals surface area contributed by atoms with Gasteiger partial charge in [0.15, 0.2) is 0 Å². The quantitative estimate of drug-likeness (QED) is 0.689. The molecule has 4 rings (SSSR count). The van der Waals surface area contributed by atoms with Gasteiger partial charge in [0.1, 0.15) is 12.4 Å². The largest absolute Gasteiger partial charge is 0.489 e. The van der Waals surface area contributed by atoms with Crippen molar-refractivity contribution in [3.8, 4) is 5.75 Å². The van der Waals surface area contributed by atoms with E-state index in [1.54, 1.807) is 4.68 Å². The van der Waals surface area contributed by atoms with Crippen LogP contribution >= 0.6 is 0 Å². The SMILES string of the molecule is Cn1nc(CO)cc1C=Cc1cc2c(c(OCc3ccccc3)c1)CCCC2. The summed E-state index contributed by atoms with van der Waals surface area (Å²) in [5.41, 5.74) is 6.72. The maximum atomic E-state index is 9.27. The van der Waals surface area contributed by atoms with Crippen molar-refractivity contribution < 1.29 is 9.84 Å². The Balaban J connectivity index is 1.60. The molecule has 0 bridgehead atoms. The summed E-state index contributed by atoms with van der Waals surface area (Å²) in [5.74, 6) is 1.00. The lowest BCUT2D eigenvalue weighted by Gasteiger charge is -2.21. The first-order valence-corrected chi connectivity index (χ1v) is 9.87. The Bertz CT molecular complexity index is 974. The van der Waals surface area contributed by atoms with Gasteiger partial charge in [0.2, 0.25) is 0 Å². The fraction of sp³-hybridized carbons (Fsp3) is 0.292. The van der Waals surface area contributed by atoms with Gasteiger partial charge in [-0.15, -0.1) is 0 Å². The number of rotatable bonds is 6. The van der Waals surface area contributed by atoms with Crippen LogP contribution in [0.1, 0.15) is 46.5 Å². The number of aliphatic hydroxyl groups is 1. The van der Waals surface area contributed by atoms with Crippen molar-refractivity contribution in [3.63, 3.8) is 0 Å². The Hall–Kier alpha value is -2.85. The predicted molar refractivity (Wildman–Crippen MR) is 112 cm³/mol. The molecular formula is C24H26N2O2. The van der Waals surface area contributed by atoms with Gasteiger partial charge < -0.3 is 9.84 Å². The molecule has 0 amide bonds. The number of ether oxygens (including phenoxy) is 1. The molecule has 1 aromatic heterocycles. The standard InChI is InChI=1S/C24H26N2O2/c1-26-22(15-21(16-27)25-26)12-11-19-13-20-9-5-6-10-23(20)24(14-19)28-17-18-7-3-2-4-8-18/h2-4,7-8,11-15,27H,5-6,9-10,16-17H2,1H3. The van der Waals surface area contributed by atoms with Crippen molar-refractivity contribution in [1.82, 2.24) is 9.78 Å². The van der Waals surface area contributed by atoms with E-state index in [0.29, 0.717) is 12.3 Å². The van der Waals surface area contributed by atoms with Crippen LogP contribution in [-0.2, 0) is 33.1 Å². The van der Waals surface area contributed by atoms with Crippen LogP contribution in [0.5, 0.6) is 5.75 Å². The van der Waals surface area contributed by atoms with Gasteiger partial charge in [0.05, 0.1) is 18.0 Å². The predicted octanol–water partition coefficient (Wildman–Crippen LogP) is 4.54. The normalized spacial score (nSPS) is 13.6. The summed E-state index contributed by atoms with van der Waals surface area (Å²) in [6.07, 6.45) is 8.80.